The molecule has 146 valence electrons. The summed E-state index contributed by atoms with van der Waals surface area (Å²) in [6.45, 7) is 7.55. The first-order valence-electron chi connectivity index (χ1n) is 6.87. The van der Waals surface area contributed by atoms with E-state index in [2.05, 4.69) is 20.8 Å². The molecule has 0 aromatic carbocycles. The lowest BCUT2D eigenvalue weighted by Gasteiger charge is -2.15. The summed E-state index contributed by atoms with van der Waals surface area (Å²) in [5, 5.41) is 33.0. The molecule has 0 bridgehead atoms. The normalized spacial score (nSPS) is 9.91. The van der Waals surface area contributed by atoms with Gasteiger partial charge in [-0.1, -0.05) is 71.4 Å². The number of thioether (sulfide) groups is 1. The molecule has 23 heavy (non-hydrogen) atoms. The Morgan fingerprint density at radius 1 is 0.652 bits per heavy atom. The molecule has 0 fully saturated rings. The largest absolute Gasteiger partial charge is 0.396 e. The minimum absolute atomic E-state index is 0. The van der Waals surface area contributed by atoms with Crippen LogP contribution in [0, 0.1) is 0 Å². The van der Waals surface area contributed by atoms with Crippen molar-refractivity contribution < 1.29 is 20.4 Å². The van der Waals surface area contributed by atoms with E-state index >= 15 is 0 Å². The van der Waals surface area contributed by atoms with Crippen molar-refractivity contribution in [3.8, 4) is 0 Å². The maximum Gasteiger partial charge on any atom is 0.0530 e. The molecule has 0 amide bonds. The molecule has 0 aliphatic heterocycles. The van der Waals surface area contributed by atoms with Gasteiger partial charge in [0, 0.05) is 27.8 Å². The molecule has 0 aliphatic carbocycles. The molecule has 0 saturated carbocycles. The first-order chi connectivity index (χ1) is 10.4. The number of hydrogen-bond acceptors (Lipinski definition) is 9. The van der Waals surface area contributed by atoms with Gasteiger partial charge >= 0.3 is 0 Å². The first-order valence-corrected chi connectivity index (χ1v) is 13.1. The van der Waals surface area contributed by atoms with E-state index in [1.807, 2.05) is 17.0 Å². The van der Waals surface area contributed by atoms with E-state index in [-0.39, 0.29) is 27.2 Å². The molecule has 0 saturated heterocycles. The molecule has 0 aliphatic rings. The van der Waals surface area contributed by atoms with E-state index in [4.69, 9.17) is 20.4 Å². The van der Waals surface area contributed by atoms with E-state index in [1.54, 1.807) is 44.1 Å². The quantitative estimate of drug-likeness (QED) is 0.309. The van der Waals surface area contributed by atoms with Crippen LogP contribution < -0.4 is 0 Å². The van der Waals surface area contributed by atoms with Crippen LogP contribution in [-0.2, 0) is 0 Å². The standard InChI is InChI=1S/C6H14OS2.C4H10O2S2.C3H8OS.CH4/c1-6(2,3)9-8-5-4-7;5-1-3-7-8-4-2-6;1-5-3-2-4;/h7H,4-5H2,1-3H3;5-6H,1-4H2;4H,2-3H2,1H3;1H4. The zero-order valence-corrected chi connectivity index (χ0v) is 18.1. The monoisotopic (exact) mass is 428 g/mol. The Kier molecular flexibility index (Phi) is 39.8. The molecular weight excluding hydrogens is 392 g/mol. The van der Waals surface area contributed by atoms with Crippen LogP contribution in [0.2, 0.25) is 0 Å². The number of rotatable bonds is 10. The van der Waals surface area contributed by atoms with Crippen LogP contribution in [0.5, 0.6) is 0 Å². The molecule has 4 nitrogen and oxygen atoms in total. The van der Waals surface area contributed by atoms with Crippen LogP contribution in [0.1, 0.15) is 28.2 Å². The Hall–Kier alpha value is 1.59. The van der Waals surface area contributed by atoms with Crippen LogP contribution in [0.4, 0.5) is 0 Å². The zero-order valence-electron chi connectivity index (χ0n) is 14.0. The Morgan fingerprint density at radius 3 is 1.22 bits per heavy atom. The minimum Gasteiger partial charge on any atom is -0.396 e. The fourth-order valence-corrected chi connectivity index (χ4v) is 4.31. The van der Waals surface area contributed by atoms with E-state index in [0.29, 0.717) is 11.4 Å². The van der Waals surface area contributed by atoms with Crippen molar-refractivity contribution in [2.24, 2.45) is 0 Å². The van der Waals surface area contributed by atoms with E-state index in [0.717, 1.165) is 23.0 Å². The van der Waals surface area contributed by atoms with Gasteiger partial charge in [-0.25, -0.2) is 0 Å². The Labute approximate surface area is 163 Å². The van der Waals surface area contributed by atoms with Crippen molar-refractivity contribution in [1.82, 2.24) is 0 Å². The second-order valence-corrected chi connectivity index (χ2v) is 11.5. The van der Waals surface area contributed by atoms with E-state index in [1.165, 1.54) is 0 Å². The second-order valence-electron chi connectivity index (χ2n) is 4.55. The van der Waals surface area contributed by atoms with Gasteiger partial charge in [0.25, 0.3) is 0 Å². The maximum atomic E-state index is 8.43. The van der Waals surface area contributed by atoms with E-state index < -0.39 is 0 Å². The van der Waals surface area contributed by atoms with Crippen LogP contribution in [0.25, 0.3) is 0 Å². The molecule has 4 N–H and O–H groups in total. The summed E-state index contributed by atoms with van der Waals surface area (Å²) in [5.74, 6) is 3.21. The fraction of sp³-hybridized carbons (Fsp3) is 1.00. The first kappa shape index (κ1) is 32.3. The molecule has 0 heterocycles. The molecule has 9 heteroatoms. The topological polar surface area (TPSA) is 80.9 Å². The van der Waals surface area contributed by atoms with Gasteiger partial charge in [0.05, 0.1) is 26.4 Å². The van der Waals surface area contributed by atoms with Gasteiger partial charge in [0.2, 0.25) is 0 Å². The van der Waals surface area contributed by atoms with Crippen molar-refractivity contribution in [3.63, 3.8) is 0 Å². The highest BCUT2D eigenvalue weighted by molar-refractivity contribution is 8.77. The highest BCUT2D eigenvalue weighted by atomic mass is 33.1. The van der Waals surface area contributed by atoms with Crippen molar-refractivity contribution in [1.29, 1.82) is 0 Å². The van der Waals surface area contributed by atoms with Gasteiger partial charge in [0.15, 0.2) is 0 Å². The number of hydrogen-bond donors (Lipinski definition) is 4. The van der Waals surface area contributed by atoms with Crippen molar-refractivity contribution in [3.05, 3.63) is 0 Å². The maximum absolute atomic E-state index is 8.43. The third kappa shape index (κ3) is 51.7. The summed E-state index contributed by atoms with van der Waals surface area (Å²) in [7, 11) is 6.71. The lowest BCUT2D eigenvalue weighted by Crippen LogP contribution is -2.04. The van der Waals surface area contributed by atoms with Gasteiger partial charge in [-0.2, -0.15) is 11.8 Å². The van der Waals surface area contributed by atoms with Gasteiger partial charge in [-0.15, -0.1) is 0 Å². The molecule has 0 radical (unpaired) electrons. The van der Waals surface area contributed by atoms with Crippen molar-refractivity contribution in [2.75, 3.05) is 55.7 Å². The predicted molar refractivity (Wildman–Crippen MR) is 118 cm³/mol. The van der Waals surface area contributed by atoms with Crippen molar-refractivity contribution >= 4 is 54.9 Å². The van der Waals surface area contributed by atoms with Gasteiger partial charge < -0.3 is 20.4 Å². The van der Waals surface area contributed by atoms with Gasteiger partial charge in [0.1, 0.15) is 0 Å². The average Bonchev–Trinajstić information content (AvgIpc) is 2.45. The van der Waals surface area contributed by atoms with Crippen LogP contribution in [0.3, 0.4) is 0 Å². The third-order valence-corrected chi connectivity index (χ3v) is 7.49. The SMILES string of the molecule is C.CC(C)(C)SSCCO.CSCCO.OCCSSCCO. The lowest BCUT2D eigenvalue weighted by molar-refractivity contribution is 0.322. The second kappa shape index (κ2) is 28.4. The molecule has 0 aromatic rings. The molecule has 0 spiro atoms. The van der Waals surface area contributed by atoms with Crippen molar-refractivity contribution in [2.45, 2.75) is 32.9 Å². The highest BCUT2D eigenvalue weighted by Gasteiger charge is 2.09. The van der Waals surface area contributed by atoms with Gasteiger partial charge in [-0.3, -0.25) is 0 Å². The zero-order chi connectivity index (χ0) is 17.7. The fourth-order valence-electron chi connectivity index (χ4n) is 0.539. The Balaban J connectivity index is -0.000000120. The molecule has 0 rings (SSSR count). The summed E-state index contributed by atoms with van der Waals surface area (Å²) < 4.78 is 0.319. The summed E-state index contributed by atoms with van der Waals surface area (Å²) in [5.41, 5.74) is 0. The van der Waals surface area contributed by atoms with Crippen LogP contribution in [-0.4, -0.2) is 80.9 Å². The van der Waals surface area contributed by atoms with Crippen LogP contribution in [0.15, 0.2) is 0 Å². The summed E-state index contributed by atoms with van der Waals surface area (Å²) in [6.07, 6.45) is 1.97. The van der Waals surface area contributed by atoms with Crippen LogP contribution >= 0.6 is 54.9 Å². The smallest absolute Gasteiger partial charge is 0.0530 e. The summed E-state index contributed by atoms with van der Waals surface area (Å²) in [6, 6.07) is 0. The number of aliphatic hydroxyl groups excluding tert-OH is 4. The average molecular weight is 429 g/mol. The molecule has 0 aromatic heterocycles. The third-order valence-electron chi connectivity index (χ3n) is 1.21. The molecule has 0 unspecified atom stereocenters. The molecule has 0 atom stereocenters. The summed E-state index contributed by atoms with van der Waals surface area (Å²) in [4.78, 5) is 0. The van der Waals surface area contributed by atoms with Gasteiger partial charge in [-0.05, 0) is 6.26 Å². The Morgan fingerprint density at radius 2 is 1.00 bits per heavy atom. The Bertz CT molecular complexity index is 175. The van der Waals surface area contributed by atoms with E-state index in [9.17, 15) is 0 Å². The minimum atomic E-state index is 0. The predicted octanol–water partition coefficient (Wildman–Crippen LogP) is 3.49. The highest BCUT2D eigenvalue weighted by Crippen LogP contribution is 2.34. The molecular formula is C14H36O4S5. The number of aliphatic hydroxyl groups is 4. The summed E-state index contributed by atoms with van der Waals surface area (Å²) >= 11 is 1.65. The lowest BCUT2D eigenvalue weighted by atomic mass is 10.3.